The molecule has 7 heteroatoms. The van der Waals surface area contributed by atoms with Crippen LogP contribution in [0.15, 0.2) is 82.5 Å². The zero-order chi connectivity index (χ0) is 21.8. The van der Waals surface area contributed by atoms with Crippen LogP contribution in [0, 0.1) is 13.8 Å². The zero-order valence-electron chi connectivity index (χ0n) is 17.3. The Balaban J connectivity index is 1.64. The first-order chi connectivity index (χ1) is 15.0. The summed E-state index contributed by atoms with van der Waals surface area (Å²) in [6.07, 6.45) is 0. The minimum atomic E-state index is -0.336. The Morgan fingerprint density at radius 2 is 1.42 bits per heavy atom. The number of hydrogen-bond donors (Lipinski definition) is 1. The summed E-state index contributed by atoms with van der Waals surface area (Å²) in [4.78, 5) is 36.9. The quantitative estimate of drug-likeness (QED) is 0.454. The molecule has 4 rings (SSSR count). The van der Waals surface area contributed by atoms with Crippen LogP contribution in [-0.4, -0.2) is 26.7 Å². The van der Waals surface area contributed by atoms with Crippen molar-refractivity contribution in [2.45, 2.75) is 32.1 Å². The standard InChI is InChI=1S/C24H22N4O2S/c1-16-13-17(2)27-24(26-16)31-21-20(25-14-18-9-5-3-6-10-18)22(29)28(23(21)30)15-19-11-7-4-8-12-19/h3-13,25H,14-15H2,1-2H3. The molecule has 0 aliphatic carbocycles. The molecular weight excluding hydrogens is 408 g/mol. The Morgan fingerprint density at radius 1 is 0.839 bits per heavy atom. The molecule has 0 radical (unpaired) electrons. The van der Waals surface area contributed by atoms with Gasteiger partial charge in [0.1, 0.15) is 10.6 Å². The average molecular weight is 431 g/mol. The summed E-state index contributed by atoms with van der Waals surface area (Å²) in [6.45, 7) is 4.41. The van der Waals surface area contributed by atoms with Gasteiger partial charge >= 0.3 is 0 Å². The number of rotatable bonds is 7. The third-order valence-electron chi connectivity index (χ3n) is 4.78. The predicted octanol–water partition coefficient (Wildman–Crippen LogP) is 3.76. The molecule has 156 valence electrons. The molecule has 2 aromatic carbocycles. The summed E-state index contributed by atoms with van der Waals surface area (Å²) in [5, 5.41) is 3.64. The summed E-state index contributed by atoms with van der Waals surface area (Å²) in [5.41, 5.74) is 3.82. The summed E-state index contributed by atoms with van der Waals surface area (Å²) >= 11 is 1.13. The number of benzene rings is 2. The Hall–Kier alpha value is -3.45. The second-order valence-corrected chi connectivity index (χ2v) is 8.24. The van der Waals surface area contributed by atoms with Gasteiger partial charge in [-0.3, -0.25) is 14.5 Å². The SMILES string of the molecule is Cc1cc(C)nc(SC2=C(NCc3ccccc3)C(=O)N(Cc3ccccc3)C2=O)n1. The van der Waals surface area contributed by atoms with Crippen LogP contribution < -0.4 is 5.32 Å². The van der Waals surface area contributed by atoms with Gasteiger partial charge in [0.2, 0.25) is 0 Å². The molecular formula is C24H22N4O2S. The van der Waals surface area contributed by atoms with Gasteiger partial charge in [-0.15, -0.1) is 0 Å². The highest BCUT2D eigenvalue weighted by Gasteiger charge is 2.39. The first kappa shape index (κ1) is 20.8. The van der Waals surface area contributed by atoms with Gasteiger partial charge in [0.15, 0.2) is 5.16 Å². The smallest absolute Gasteiger partial charge is 0.278 e. The van der Waals surface area contributed by atoms with Gasteiger partial charge in [-0.05, 0) is 42.8 Å². The summed E-state index contributed by atoms with van der Waals surface area (Å²) < 4.78 is 0. The first-order valence-electron chi connectivity index (χ1n) is 9.93. The van der Waals surface area contributed by atoms with Gasteiger partial charge in [-0.25, -0.2) is 9.97 Å². The number of carbonyl (C=O) groups excluding carboxylic acids is 2. The Bertz CT molecular complexity index is 1130. The van der Waals surface area contributed by atoms with Gasteiger partial charge in [-0.2, -0.15) is 0 Å². The molecule has 6 nitrogen and oxygen atoms in total. The Labute approximate surface area is 185 Å². The van der Waals surface area contributed by atoms with Crippen molar-refractivity contribution in [1.82, 2.24) is 20.2 Å². The van der Waals surface area contributed by atoms with Crippen molar-refractivity contribution in [3.05, 3.63) is 99.8 Å². The highest BCUT2D eigenvalue weighted by molar-refractivity contribution is 8.04. The van der Waals surface area contributed by atoms with Crippen LogP contribution in [0.5, 0.6) is 0 Å². The van der Waals surface area contributed by atoms with Gasteiger partial charge in [-0.1, -0.05) is 60.7 Å². The predicted molar refractivity (Wildman–Crippen MR) is 120 cm³/mol. The van der Waals surface area contributed by atoms with Gasteiger partial charge in [0.05, 0.1) is 6.54 Å². The maximum Gasteiger partial charge on any atom is 0.278 e. The fourth-order valence-electron chi connectivity index (χ4n) is 3.33. The van der Waals surface area contributed by atoms with Crippen molar-refractivity contribution in [3.8, 4) is 0 Å². The fourth-order valence-corrected chi connectivity index (χ4v) is 4.35. The molecule has 0 spiro atoms. The number of nitrogens with zero attached hydrogens (tertiary/aromatic N) is 3. The van der Waals surface area contributed by atoms with Crippen LogP contribution in [0.1, 0.15) is 22.5 Å². The number of nitrogens with one attached hydrogen (secondary N) is 1. The zero-order valence-corrected chi connectivity index (χ0v) is 18.1. The van der Waals surface area contributed by atoms with Crippen LogP contribution in [0.3, 0.4) is 0 Å². The van der Waals surface area contributed by atoms with Crippen molar-refractivity contribution in [3.63, 3.8) is 0 Å². The molecule has 2 amide bonds. The molecule has 0 atom stereocenters. The van der Waals surface area contributed by atoms with Gasteiger partial charge in [0, 0.05) is 17.9 Å². The molecule has 1 N–H and O–H groups in total. The number of aryl methyl sites for hydroxylation is 2. The molecule has 1 aliphatic heterocycles. The lowest BCUT2D eigenvalue weighted by atomic mass is 10.2. The van der Waals surface area contributed by atoms with E-state index in [0.717, 1.165) is 34.3 Å². The number of amides is 2. The monoisotopic (exact) mass is 430 g/mol. The minimum Gasteiger partial charge on any atom is -0.375 e. The molecule has 0 saturated heterocycles. The molecule has 0 fully saturated rings. The summed E-state index contributed by atoms with van der Waals surface area (Å²) in [6, 6.07) is 21.1. The molecule has 0 bridgehead atoms. The second-order valence-electron chi connectivity index (χ2n) is 7.26. The normalized spacial score (nSPS) is 13.8. The van der Waals surface area contributed by atoms with Crippen molar-refractivity contribution >= 4 is 23.6 Å². The van der Waals surface area contributed by atoms with E-state index in [1.165, 1.54) is 4.90 Å². The third-order valence-corrected chi connectivity index (χ3v) is 5.72. The second kappa shape index (κ2) is 9.14. The lowest BCUT2D eigenvalue weighted by Gasteiger charge is -2.15. The molecule has 0 unspecified atom stereocenters. The summed E-state index contributed by atoms with van der Waals surface area (Å²) in [7, 11) is 0. The van der Waals surface area contributed by atoms with Gasteiger partial charge in [0.25, 0.3) is 11.8 Å². The van der Waals surface area contributed by atoms with Crippen LogP contribution in [-0.2, 0) is 22.7 Å². The van der Waals surface area contributed by atoms with E-state index in [4.69, 9.17) is 0 Å². The van der Waals surface area contributed by atoms with Gasteiger partial charge < -0.3 is 5.32 Å². The van der Waals surface area contributed by atoms with E-state index in [9.17, 15) is 9.59 Å². The Kier molecular flexibility index (Phi) is 6.13. The number of thioether (sulfide) groups is 1. The molecule has 3 aromatic rings. The number of imide groups is 1. The number of aromatic nitrogens is 2. The van der Waals surface area contributed by atoms with Crippen molar-refractivity contribution in [2.24, 2.45) is 0 Å². The highest BCUT2D eigenvalue weighted by atomic mass is 32.2. The molecule has 1 aromatic heterocycles. The van der Waals surface area contributed by atoms with E-state index in [-0.39, 0.29) is 24.1 Å². The third kappa shape index (κ3) is 4.83. The number of carbonyl (C=O) groups is 2. The molecule has 0 saturated carbocycles. The van der Waals surface area contributed by atoms with E-state index in [1.54, 1.807) is 0 Å². The minimum absolute atomic E-state index is 0.215. The van der Waals surface area contributed by atoms with E-state index >= 15 is 0 Å². The van der Waals surface area contributed by atoms with E-state index in [0.29, 0.717) is 16.6 Å². The lowest BCUT2D eigenvalue weighted by molar-refractivity contribution is -0.138. The molecule has 1 aliphatic rings. The lowest BCUT2D eigenvalue weighted by Crippen LogP contribution is -2.33. The first-order valence-corrected chi connectivity index (χ1v) is 10.8. The Morgan fingerprint density at radius 3 is 2.03 bits per heavy atom. The maximum absolute atomic E-state index is 13.2. The van der Waals surface area contributed by atoms with Crippen molar-refractivity contribution in [1.29, 1.82) is 0 Å². The van der Waals surface area contributed by atoms with Crippen LogP contribution >= 0.6 is 11.8 Å². The van der Waals surface area contributed by atoms with E-state index in [2.05, 4.69) is 15.3 Å². The van der Waals surface area contributed by atoms with Crippen LogP contribution in [0.4, 0.5) is 0 Å². The molecule has 2 heterocycles. The van der Waals surface area contributed by atoms with E-state index in [1.807, 2.05) is 80.6 Å². The van der Waals surface area contributed by atoms with Crippen molar-refractivity contribution in [2.75, 3.05) is 0 Å². The molecule has 31 heavy (non-hydrogen) atoms. The largest absolute Gasteiger partial charge is 0.375 e. The topological polar surface area (TPSA) is 75.2 Å². The summed E-state index contributed by atoms with van der Waals surface area (Å²) in [5.74, 6) is -0.672. The van der Waals surface area contributed by atoms with Crippen molar-refractivity contribution < 1.29 is 9.59 Å². The van der Waals surface area contributed by atoms with E-state index < -0.39 is 0 Å². The maximum atomic E-state index is 13.2. The van der Waals surface area contributed by atoms with Crippen LogP contribution in [0.2, 0.25) is 0 Å². The average Bonchev–Trinajstić information content (AvgIpc) is 2.97. The number of hydrogen-bond acceptors (Lipinski definition) is 6. The van der Waals surface area contributed by atoms with Crippen LogP contribution in [0.25, 0.3) is 0 Å². The highest BCUT2D eigenvalue weighted by Crippen LogP contribution is 2.33. The fraction of sp³-hybridized carbons (Fsp3) is 0.167.